The molecule has 0 unspecified atom stereocenters. The van der Waals surface area contributed by atoms with Gasteiger partial charge in [0.25, 0.3) is 5.91 Å². The summed E-state index contributed by atoms with van der Waals surface area (Å²) in [7, 11) is 1.66. The van der Waals surface area contributed by atoms with Crippen molar-refractivity contribution in [3.05, 3.63) is 63.6 Å². The fourth-order valence-electron chi connectivity index (χ4n) is 3.49. The maximum atomic E-state index is 12.9. The highest BCUT2D eigenvalue weighted by molar-refractivity contribution is 9.10. The predicted octanol–water partition coefficient (Wildman–Crippen LogP) is 4.15. The van der Waals surface area contributed by atoms with Crippen LogP contribution in [0.1, 0.15) is 34.3 Å². The summed E-state index contributed by atoms with van der Waals surface area (Å²) in [6, 6.07) is 14.0. The Morgan fingerprint density at radius 3 is 2.57 bits per heavy atom. The quantitative estimate of drug-likeness (QED) is 0.810. The molecule has 1 heterocycles. The zero-order valence-electron chi connectivity index (χ0n) is 13.0. The fraction of sp³-hybridized carbons (Fsp3) is 0.316. The molecular formula is C19H18BrNO2. The highest BCUT2D eigenvalue weighted by Crippen LogP contribution is 2.53. The normalized spacial score (nSPS) is 18.0. The molecule has 1 fully saturated rings. The first kappa shape index (κ1) is 14.8. The van der Waals surface area contributed by atoms with Gasteiger partial charge in [-0.2, -0.15) is 0 Å². The highest BCUT2D eigenvalue weighted by atomic mass is 79.9. The highest BCUT2D eigenvalue weighted by Gasteiger charge is 2.51. The van der Waals surface area contributed by atoms with E-state index in [0.29, 0.717) is 6.54 Å². The molecule has 1 aliphatic carbocycles. The van der Waals surface area contributed by atoms with Crippen LogP contribution in [0, 0.1) is 0 Å². The molecule has 2 aliphatic rings. The summed E-state index contributed by atoms with van der Waals surface area (Å²) >= 11 is 3.54. The molecule has 0 N–H and O–H groups in total. The lowest BCUT2D eigenvalue weighted by Crippen LogP contribution is -2.42. The summed E-state index contributed by atoms with van der Waals surface area (Å²) in [5, 5.41) is 0. The van der Waals surface area contributed by atoms with Gasteiger partial charge in [0, 0.05) is 28.5 Å². The van der Waals surface area contributed by atoms with Crippen LogP contribution in [-0.2, 0) is 12.0 Å². The number of nitrogens with zero attached hydrogens (tertiary/aromatic N) is 1. The second-order valence-corrected chi connectivity index (χ2v) is 7.40. The maximum absolute atomic E-state index is 12.9. The first-order valence-electron chi connectivity index (χ1n) is 7.84. The first-order valence-corrected chi connectivity index (χ1v) is 8.63. The van der Waals surface area contributed by atoms with Crippen molar-refractivity contribution < 1.29 is 9.53 Å². The van der Waals surface area contributed by atoms with Gasteiger partial charge in [-0.15, -0.1) is 0 Å². The zero-order valence-corrected chi connectivity index (χ0v) is 14.6. The average molecular weight is 372 g/mol. The van der Waals surface area contributed by atoms with Crippen LogP contribution in [0.5, 0.6) is 5.75 Å². The lowest BCUT2D eigenvalue weighted by molar-refractivity contribution is 0.0698. The van der Waals surface area contributed by atoms with Gasteiger partial charge in [0.05, 0.1) is 7.11 Å². The van der Waals surface area contributed by atoms with Crippen molar-refractivity contribution in [1.82, 2.24) is 4.90 Å². The summed E-state index contributed by atoms with van der Waals surface area (Å²) in [5.74, 6) is 0.980. The molecule has 23 heavy (non-hydrogen) atoms. The van der Waals surface area contributed by atoms with E-state index in [4.69, 9.17) is 4.74 Å². The second kappa shape index (κ2) is 5.38. The number of rotatable bonds is 3. The standard InChI is InChI=1S/C19H18BrNO2/c1-23-15-5-2-13(3-6-15)11-21-12-19(8-9-19)17-10-14(20)4-7-16(17)18(21)22/h2-7,10H,8-9,11-12H2,1H3. The summed E-state index contributed by atoms with van der Waals surface area (Å²) in [5.41, 5.74) is 3.41. The molecule has 0 atom stereocenters. The number of ether oxygens (including phenoxy) is 1. The van der Waals surface area contributed by atoms with Crippen LogP contribution in [0.25, 0.3) is 0 Å². The van der Waals surface area contributed by atoms with Crippen molar-refractivity contribution >= 4 is 21.8 Å². The van der Waals surface area contributed by atoms with Gasteiger partial charge >= 0.3 is 0 Å². The van der Waals surface area contributed by atoms with E-state index in [0.717, 1.165) is 27.9 Å². The van der Waals surface area contributed by atoms with Crippen LogP contribution < -0.4 is 4.74 Å². The number of hydrogen-bond donors (Lipinski definition) is 0. The van der Waals surface area contributed by atoms with E-state index < -0.39 is 0 Å². The van der Waals surface area contributed by atoms with Crippen LogP contribution in [0.15, 0.2) is 46.9 Å². The van der Waals surface area contributed by atoms with Gasteiger partial charge in [-0.3, -0.25) is 4.79 Å². The second-order valence-electron chi connectivity index (χ2n) is 6.48. The van der Waals surface area contributed by atoms with Crippen LogP contribution in [0.4, 0.5) is 0 Å². The summed E-state index contributed by atoms with van der Waals surface area (Å²) in [6.07, 6.45) is 2.34. The molecule has 1 saturated carbocycles. The monoisotopic (exact) mass is 371 g/mol. The van der Waals surface area contributed by atoms with Gasteiger partial charge in [0.1, 0.15) is 5.75 Å². The molecule has 3 nitrogen and oxygen atoms in total. The number of amides is 1. The van der Waals surface area contributed by atoms with Crippen molar-refractivity contribution in [2.24, 2.45) is 0 Å². The van der Waals surface area contributed by atoms with Gasteiger partial charge in [0.2, 0.25) is 0 Å². The lowest BCUT2D eigenvalue weighted by atomic mass is 9.86. The van der Waals surface area contributed by atoms with Gasteiger partial charge in [-0.05, 0) is 54.3 Å². The van der Waals surface area contributed by atoms with E-state index in [9.17, 15) is 4.79 Å². The minimum atomic E-state index is 0.140. The Morgan fingerprint density at radius 1 is 1.17 bits per heavy atom. The third-order valence-corrected chi connectivity index (χ3v) is 5.44. The van der Waals surface area contributed by atoms with Gasteiger partial charge in [-0.1, -0.05) is 28.1 Å². The van der Waals surface area contributed by atoms with Crippen molar-refractivity contribution in [2.75, 3.05) is 13.7 Å². The maximum Gasteiger partial charge on any atom is 0.254 e. The molecule has 1 aliphatic heterocycles. The molecule has 0 saturated heterocycles. The number of fused-ring (bicyclic) bond motifs is 2. The molecular weight excluding hydrogens is 354 g/mol. The van der Waals surface area contributed by atoms with Crippen LogP contribution in [0.2, 0.25) is 0 Å². The minimum absolute atomic E-state index is 0.140. The van der Waals surface area contributed by atoms with Crippen molar-refractivity contribution in [3.63, 3.8) is 0 Å². The Hall–Kier alpha value is -1.81. The molecule has 1 spiro atoms. The van der Waals surface area contributed by atoms with Crippen molar-refractivity contribution in [3.8, 4) is 5.75 Å². The lowest BCUT2D eigenvalue weighted by Gasteiger charge is -2.35. The number of benzene rings is 2. The number of methoxy groups -OCH3 is 1. The third kappa shape index (κ3) is 2.55. The molecule has 0 bridgehead atoms. The van der Waals surface area contributed by atoms with Crippen molar-refractivity contribution in [2.45, 2.75) is 24.8 Å². The van der Waals surface area contributed by atoms with Crippen LogP contribution >= 0.6 is 15.9 Å². The molecule has 1 amide bonds. The van der Waals surface area contributed by atoms with E-state index >= 15 is 0 Å². The van der Waals surface area contributed by atoms with Gasteiger partial charge in [-0.25, -0.2) is 0 Å². The predicted molar refractivity (Wildman–Crippen MR) is 92.8 cm³/mol. The SMILES string of the molecule is COc1ccc(CN2CC3(CC3)c3cc(Br)ccc3C2=O)cc1. The van der Waals surface area contributed by atoms with Gasteiger partial charge < -0.3 is 9.64 Å². The Bertz CT molecular complexity index is 765. The van der Waals surface area contributed by atoms with E-state index in [1.807, 2.05) is 41.3 Å². The zero-order chi connectivity index (χ0) is 16.0. The van der Waals surface area contributed by atoms with E-state index in [1.165, 1.54) is 18.4 Å². The molecule has 0 aromatic heterocycles. The average Bonchev–Trinajstić information content (AvgIpc) is 3.34. The van der Waals surface area contributed by atoms with Crippen LogP contribution in [-0.4, -0.2) is 24.5 Å². The largest absolute Gasteiger partial charge is 0.497 e. The summed E-state index contributed by atoms with van der Waals surface area (Å²) in [6.45, 7) is 1.47. The van der Waals surface area contributed by atoms with E-state index in [1.54, 1.807) is 7.11 Å². The first-order chi connectivity index (χ1) is 11.1. The molecule has 118 valence electrons. The number of halogens is 1. The summed E-state index contributed by atoms with van der Waals surface area (Å²) in [4.78, 5) is 14.8. The molecule has 2 aromatic rings. The topological polar surface area (TPSA) is 29.5 Å². The number of hydrogen-bond acceptors (Lipinski definition) is 2. The summed E-state index contributed by atoms with van der Waals surface area (Å²) < 4.78 is 6.25. The smallest absolute Gasteiger partial charge is 0.254 e. The van der Waals surface area contributed by atoms with Gasteiger partial charge in [0.15, 0.2) is 0 Å². The number of carbonyl (C=O) groups excluding carboxylic acids is 1. The Balaban J connectivity index is 1.63. The Kier molecular flexibility index (Phi) is 3.45. The Morgan fingerprint density at radius 2 is 1.91 bits per heavy atom. The molecule has 4 heteroatoms. The van der Waals surface area contributed by atoms with E-state index in [-0.39, 0.29) is 11.3 Å². The molecule has 0 radical (unpaired) electrons. The van der Waals surface area contributed by atoms with E-state index in [2.05, 4.69) is 22.0 Å². The van der Waals surface area contributed by atoms with Crippen LogP contribution in [0.3, 0.4) is 0 Å². The minimum Gasteiger partial charge on any atom is -0.497 e. The fourth-order valence-corrected chi connectivity index (χ4v) is 3.85. The number of carbonyl (C=O) groups is 1. The third-order valence-electron chi connectivity index (χ3n) is 4.95. The molecule has 2 aromatic carbocycles. The Labute approximate surface area is 144 Å². The van der Waals surface area contributed by atoms with Crippen molar-refractivity contribution in [1.29, 1.82) is 0 Å². The molecule has 4 rings (SSSR count).